The summed E-state index contributed by atoms with van der Waals surface area (Å²) in [5, 5.41) is 0. The number of hydrogen-bond donors (Lipinski definition) is 0. The van der Waals surface area contributed by atoms with Crippen LogP contribution in [0.5, 0.6) is 0 Å². The molecule has 0 aromatic rings. The van der Waals surface area contributed by atoms with Gasteiger partial charge < -0.3 is 4.70 Å². The number of halogens is 2. The molecule has 0 aliphatic carbocycles. The molecule has 0 aliphatic rings. The molecule has 0 aromatic heterocycles. The average Bonchev–Trinajstić information content (AvgIpc) is 2.64. The van der Waals surface area contributed by atoms with E-state index in [1.807, 2.05) is 4.93 Å². The van der Waals surface area contributed by atoms with E-state index >= 15 is 0 Å². The third-order valence-electron chi connectivity index (χ3n) is 1.19. The maximum atomic E-state index is 6.32. The van der Waals surface area contributed by atoms with Crippen molar-refractivity contribution in [3.05, 3.63) is 0 Å². The van der Waals surface area contributed by atoms with Crippen LogP contribution in [0, 0.1) is 107 Å². The summed E-state index contributed by atoms with van der Waals surface area (Å²) in [6, 6.07) is 0. The van der Waals surface area contributed by atoms with Crippen molar-refractivity contribution < 1.29 is 27.1 Å². The fourth-order valence-corrected chi connectivity index (χ4v) is 0.562. The summed E-state index contributed by atoms with van der Waals surface area (Å²) in [7, 11) is 2.56. The summed E-state index contributed by atoms with van der Waals surface area (Å²) < 4.78 is 6.32. The Balaban J connectivity index is -0.000000362. The molecule has 0 nitrogen and oxygen atoms in total. The van der Waals surface area contributed by atoms with Crippen molar-refractivity contribution in [1.29, 1.82) is 0.594 Å². The molecule has 0 aromatic carbocycles. The van der Waals surface area contributed by atoms with Crippen molar-refractivity contribution in [3.63, 3.8) is 0 Å². The van der Waals surface area contributed by atoms with Crippen molar-refractivity contribution in [3.8, 4) is 107 Å². The van der Waals surface area contributed by atoms with Gasteiger partial charge in [0.2, 0.25) is 0 Å². The Morgan fingerprint density at radius 2 is 0.680 bits per heavy atom. The van der Waals surface area contributed by atoms with Crippen LogP contribution in [0.25, 0.3) is 0 Å². The second-order valence-corrected chi connectivity index (χ2v) is 2.50. The van der Waals surface area contributed by atoms with Gasteiger partial charge in [-0.25, -0.2) is 0 Å². The van der Waals surface area contributed by atoms with Gasteiger partial charge in [-0.05, 0) is 117 Å². The fraction of sp³-hybridized carbons (Fsp3) is 0.143. The van der Waals surface area contributed by atoms with Gasteiger partial charge in [0.1, 0.15) is 0 Å². The molecular formula is C21H11FIPS-2. The second-order valence-electron chi connectivity index (χ2n) is 2.50. The largest absolute Gasteiger partial charge is 1.00 e. The molecule has 0 N–H and O–H groups in total. The van der Waals surface area contributed by atoms with Crippen LogP contribution in [0.1, 0.15) is 13.8 Å². The molecule has 0 saturated carbocycles. The standard InChI is InChI=1S/C20H6.CH4I.FH.HPS/c1-3-5-7-9-11-13-15-17-19-20-18-16-14-12-10-8-6-4-2;1-2;;1-2/h1-2H3;2H,1H3;1H;1H/q;-1;;/p-1/i;2T;;. The third-order valence-corrected chi connectivity index (χ3v) is 1.19. The van der Waals surface area contributed by atoms with Crippen LogP contribution < -0.4 is 27.1 Å². The van der Waals surface area contributed by atoms with E-state index < -0.39 is 0 Å². The molecule has 122 valence electrons. The van der Waals surface area contributed by atoms with Gasteiger partial charge >= 0.3 is 27.9 Å². The Hall–Kier alpha value is -2.78. The molecular weight excluding hydrogens is 461 g/mol. The minimum atomic E-state index is -0.160. The number of rotatable bonds is 0. The third kappa shape index (κ3) is 38.8. The molecule has 0 aliphatic heterocycles. The molecule has 4 heteroatoms. The van der Waals surface area contributed by atoms with E-state index in [1.54, 1.807) is 13.8 Å². The first-order chi connectivity index (χ1) is 12.3. The van der Waals surface area contributed by atoms with E-state index in [4.69, 9.17) is 0.594 Å². The van der Waals surface area contributed by atoms with Crippen molar-refractivity contribution >= 4 is 19.8 Å². The molecule has 0 saturated heterocycles. The van der Waals surface area contributed by atoms with Crippen LogP contribution in [0.2, 0.25) is 0 Å². The summed E-state index contributed by atoms with van der Waals surface area (Å²) >= 11 is 3.73. The zero-order valence-corrected chi connectivity index (χ0v) is 17.6. The van der Waals surface area contributed by atoms with Gasteiger partial charge in [-0.15, -0.1) is 0 Å². The Kier molecular flexibility index (Phi) is 40.6. The van der Waals surface area contributed by atoms with Crippen LogP contribution in [-0.2, 0) is 11.8 Å². The first-order valence-corrected chi connectivity index (χ1v) is 9.62. The van der Waals surface area contributed by atoms with Crippen molar-refractivity contribution in [2.24, 2.45) is 0 Å². The van der Waals surface area contributed by atoms with Gasteiger partial charge in [0, 0.05) is 0 Å². The first kappa shape index (κ1) is 27.1. The van der Waals surface area contributed by atoms with E-state index in [0.717, 1.165) is 0 Å². The minimum absolute atomic E-state index is 0. The fourth-order valence-electron chi connectivity index (χ4n) is 0.562. The van der Waals surface area contributed by atoms with Gasteiger partial charge in [0.25, 0.3) is 0 Å². The van der Waals surface area contributed by atoms with Gasteiger partial charge in [0.15, 0.2) is 0 Å². The van der Waals surface area contributed by atoms with Gasteiger partial charge in [-0.2, -0.15) is 0 Å². The SMILES string of the molecule is CC#CC#CC#CC#CC#CC#CC#CC#CC#CC.P=S.[3H][I-]C.[F-]. The Bertz CT molecular complexity index is 882. The predicted molar refractivity (Wildman–Crippen MR) is 104 cm³/mol. The summed E-state index contributed by atoms with van der Waals surface area (Å²) in [5.41, 5.74) is 0. The van der Waals surface area contributed by atoms with Crippen LogP contribution in [0.3, 0.4) is 0 Å². The number of alkyl halides is 1. The smallest absolute Gasteiger partial charge is 1.00 e. The summed E-state index contributed by atoms with van der Waals surface area (Å²) in [5.74, 6) is 45.6. The van der Waals surface area contributed by atoms with Crippen LogP contribution in [0.15, 0.2) is 0 Å². The van der Waals surface area contributed by atoms with Crippen molar-refractivity contribution in [1.82, 2.24) is 0 Å². The topological polar surface area (TPSA) is 0 Å². The summed E-state index contributed by atoms with van der Waals surface area (Å²) in [6.45, 7) is 3.41. The average molecular weight is 474 g/mol. The molecule has 0 radical (unpaired) electrons. The van der Waals surface area contributed by atoms with Gasteiger partial charge in [-0.3, -0.25) is 0 Å². The Morgan fingerprint density at radius 3 is 0.800 bits per heavy atom. The molecule has 0 fully saturated rings. The molecule has 0 rings (SSSR count). The van der Waals surface area contributed by atoms with E-state index in [0.29, 0.717) is 0 Å². The van der Waals surface area contributed by atoms with Crippen molar-refractivity contribution in [2.45, 2.75) is 13.8 Å². The molecule has 0 heterocycles. The Morgan fingerprint density at radius 1 is 0.560 bits per heavy atom. The van der Waals surface area contributed by atoms with Crippen molar-refractivity contribution in [2.75, 3.05) is 4.93 Å². The normalized spacial score (nSPS) is 4.20. The summed E-state index contributed by atoms with van der Waals surface area (Å²) in [4.78, 5) is 1.90. The zero-order valence-electron chi connectivity index (χ0n) is 14.7. The molecule has 0 spiro atoms. The summed E-state index contributed by atoms with van der Waals surface area (Å²) in [6.07, 6.45) is 0. The quantitative estimate of drug-likeness (QED) is 0.148. The molecule has 0 unspecified atom stereocenters. The monoisotopic (exact) mass is 474 g/mol. The van der Waals surface area contributed by atoms with Crippen LogP contribution in [-0.4, -0.2) is 5.52 Å². The minimum Gasteiger partial charge on any atom is -1.00 e. The van der Waals surface area contributed by atoms with E-state index in [1.165, 1.54) is 0 Å². The zero-order chi connectivity index (χ0) is 19.4. The van der Waals surface area contributed by atoms with Gasteiger partial charge in [0.05, 0.1) is 0 Å². The Labute approximate surface area is 172 Å². The maximum Gasteiger partial charge on any atom is -1.00 e. The molecule has 0 atom stereocenters. The molecule has 25 heavy (non-hydrogen) atoms. The number of hydrogen-bond acceptors (Lipinski definition) is 1. The van der Waals surface area contributed by atoms with E-state index in [2.05, 4.69) is 126 Å². The van der Waals surface area contributed by atoms with Crippen LogP contribution >= 0.6 is 8.02 Å². The van der Waals surface area contributed by atoms with E-state index in [9.17, 15) is 0 Å². The van der Waals surface area contributed by atoms with Gasteiger partial charge in [-0.1, -0.05) is 23.6 Å². The molecule has 0 amide bonds. The first-order valence-electron chi connectivity index (χ1n) is 6.21. The predicted octanol–water partition coefficient (Wildman–Crippen LogP) is -4.45. The van der Waals surface area contributed by atoms with E-state index in [-0.39, 0.29) is 27.1 Å². The molecule has 0 bridgehead atoms. The maximum absolute atomic E-state index is 6.32. The van der Waals surface area contributed by atoms with Crippen LogP contribution in [0.4, 0.5) is 0 Å². The second kappa shape index (κ2) is 37.5.